The molecule has 2 unspecified atom stereocenters. The molecule has 1 saturated heterocycles. The molecule has 5 nitrogen and oxygen atoms in total. The third-order valence-corrected chi connectivity index (χ3v) is 5.49. The van der Waals surface area contributed by atoms with Gasteiger partial charge in [-0.25, -0.2) is 9.18 Å². The van der Waals surface area contributed by atoms with Gasteiger partial charge in [0.1, 0.15) is 5.82 Å². The predicted molar refractivity (Wildman–Crippen MR) is 96.1 cm³/mol. The second-order valence-corrected chi connectivity index (χ2v) is 7.26. The van der Waals surface area contributed by atoms with Gasteiger partial charge in [0, 0.05) is 25.2 Å². The zero-order valence-corrected chi connectivity index (χ0v) is 14.8. The van der Waals surface area contributed by atoms with Crippen LogP contribution in [0.2, 0.25) is 0 Å². The normalized spacial score (nSPS) is 25.6. The molecule has 3 rings (SSSR count). The van der Waals surface area contributed by atoms with Crippen molar-refractivity contribution in [2.75, 3.05) is 18.4 Å². The number of aryl methyl sites for hydroxylation is 1. The van der Waals surface area contributed by atoms with Crippen molar-refractivity contribution in [3.05, 3.63) is 29.6 Å². The van der Waals surface area contributed by atoms with Gasteiger partial charge >= 0.3 is 6.03 Å². The lowest BCUT2D eigenvalue weighted by Gasteiger charge is -2.41. The average molecular weight is 349 g/mol. The van der Waals surface area contributed by atoms with E-state index in [1.165, 1.54) is 12.5 Å². The molecule has 25 heavy (non-hydrogen) atoms. The first kappa shape index (κ1) is 18.1. The number of aliphatic hydroxyl groups is 1. The quantitative estimate of drug-likeness (QED) is 0.786. The summed E-state index contributed by atoms with van der Waals surface area (Å²) in [6, 6.07) is 4.74. The number of para-hydroxylation sites is 1. The SMILES string of the molecule is Cc1cccc(F)c1NC(=O)NC1CCN(C2CCCCC2O)CC1. The summed E-state index contributed by atoms with van der Waals surface area (Å²) in [5.41, 5.74) is 0.944. The van der Waals surface area contributed by atoms with Gasteiger partial charge in [-0.15, -0.1) is 0 Å². The number of likely N-dealkylation sites (tertiary alicyclic amines) is 1. The van der Waals surface area contributed by atoms with Gasteiger partial charge in [0.15, 0.2) is 0 Å². The molecule has 2 aliphatic rings. The Kier molecular flexibility index (Phi) is 5.91. The van der Waals surface area contributed by atoms with E-state index in [0.717, 1.165) is 45.2 Å². The highest BCUT2D eigenvalue weighted by atomic mass is 19.1. The summed E-state index contributed by atoms with van der Waals surface area (Å²) in [5.74, 6) is -0.420. The number of nitrogens with one attached hydrogen (secondary N) is 2. The van der Waals surface area contributed by atoms with Gasteiger partial charge in [-0.2, -0.15) is 0 Å². The van der Waals surface area contributed by atoms with Crippen molar-refractivity contribution in [3.8, 4) is 0 Å². The number of halogens is 1. The van der Waals surface area contributed by atoms with Crippen LogP contribution < -0.4 is 10.6 Å². The zero-order valence-electron chi connectivity index (χ0n) is 14.8. The second kappa shape index (κ2) is 8.15. The summed E-state index contributed by atoms with van der Waals surface area (Å²) >= 11 is 0. The number of hydrogen-bond acceptors (Lipinski definition) is 3. The maximum Gasteiger partial charge on any atom is 0.319 e. The van der Waals surface area contributed by atoms with E-state index in [1.54, 1.807) is 19.1 Å². The number of nitrogens with zero attached hydrogens (tertiary/aromatic N) is 1. The second-order valence-electron chi connectivity index (χ2n) is 7.26. The van der Waals surface area contributed by atoms with Crippen molar-refractivity contribution < 1.29 is 14.3 Å². The van der Waals surface area contributed by atoms with E-state index in [-0.39, 0.29) is 29.9 Å². The molecule has 0 bridgehead atoms. The Hall–Kier alpha value is -1.66. The van der Waals surface area contributed by atoms with E-state index in [1.807, 2.05) is 0 Å². The monoisotopic (exact) mass is 349 g/mol. The van der Waals surface area contributed by atoms with Gasteiger partial charge in [0.05, 0.1) is 11.8 Å². The van der Waals surface area contributed by atoms with Gasteiger partial charge in [-0.3, -0.25) is 4.90 Å². The number of urea groups is 1. The van der Waals surface area contributed by atoms with Crippen LogP contribution in [0, 0.1) is 12.7 Å². The van der Waals surface area contributed by atoms with Crippen LogP contribution in [-0.2, 0) is 0 Å². The standard InChI is InChI=1S/C19H28FN3O2/c1-13-5-4-6-15(20)18(13)22-19(25)21-14-9-11-23(12-10-14)16-7-2-3-8-17(16)24/h4-6,14,16-17,24H,2-3,7-12H2,1H3,(H2,21,22,25). The fourth-order valence-corrected chi connectivity index (χ4v) is 4.02. The molecule has 0 aromatic heterocycles. The van der Waals surface area contributed by atoms with Crippen molar-refractivity contribution in [1.29, 1.82) is 0 Å². The van der Waals surface area contributed by atoms with Crippen LogP contribution in [0.15, 0.2) is 18.2 Å². The minimum atomic E-state index is -0.420. The van der Waals surface area contributed by atoms with Crippen molar-refractivity contribution in [1.82, 2.24) is 10.2 Å². The minimum absolute atomic E-state index is 0.0871. The molecule has 1 aliphatic carbocycles. The molecular weight excluding hydrogens is 321 g/mol. The van der Waals surface area contributed by atoms with Gasteiger partial charge < -0.3 is 15.7 Å². The van der Waals surface area contributed by atoms with Gasteiger partial charge in [0.2, 0.25) is 0 Å². The van der Waals surface area contributed by atoms with Crippen LogP contribution in [0.5, 0.6) is 0 Å². The van der Waals surface area contributed by atoms with Crippen LogP contribution in [-0.4, -0.2) is 47.3 Å². The van der Waals surface area contributed by atoms with E-state index in [9.17, 15) is 14.3 Å². The maximum atomic E-state index is 13.8. The van der Waals surface area contributed by atoms with Crippen molar-refractivity contribution in [3.63, 3.8) is 0 Å². The first-order chi connectivity index (χ1) is 12.0. The molecule has 3 N–H and O–H groups in total. The Morgan fingerprint density at radius 2 is 1.92 bits per heavy atom. The van der Waals surface area contributed by atoms with Gasteiger partial charge in [-0.05, 0) is 44.2 Å². The number of aliphatic hydroxyl groups excluding tert-OH is 1. The Labute approximate surface area is 148 Å². The zero-order chi connectivity index (χ0) is 17.8. The summed E-state index contributed by atoms with van der Waals surface area (Å²) in [5, 5.41) is 15.8. The molecule has 0 spiro atoms. The Morgan fingerprint density at radius 1 is 1.20 bits per heavy atom. The lowest BCUT2D eigenvalue weighted by atomic mass is 9.89. The largest absolute Gasteiger partial charge is 0.391 e. The lowest BCUT2D eigenvalue weighted by Crippen LogP contribution is -2.52. The Balaban J connectivity index is 1.48. The molecule has 1 aliphatic heterocycles. The number of amides is 2. The summed E-state index contributed by atoms with van der Waals surface area (Å²) in [6.07, 6.45) is 5.75. The fraction of sp³-hybridized carbons (Fsp3) is 0.632. The molecule has 2 atom stereocenters. The number of benzene rings is 1. The maximum absolute atomic E-state index is 13.8. The first-order valence-corrected chi connectivity index (χ1v) is 9.29. The summed E-state index contributed by atoms with van der Waals surface area (Å²) in [4.78, 5) is 14.5. The minimum Gasteiger partial charge on any atom is -0.391 e. The molecule has 2 amide bonds. The highest BCUT2D eigenvalue weighted by Gasteiger charge is 2.31. The van der Waals surface area contributed by atoms with Crippen LogP contribution in [0.3, 0.4) is 0 Å². The lowest BCUT2D eigenvalue weighted by molar-refractivity contribution is 0.00786. The molecule has 0 radical (unpaired) electrons. The molecule has 6 heteroatoms. The Morgan fingerprint density at radius 3 is 2.60 bits per heavy atom. The number of piperidine rings is 1. The number of hydrogen-bond donors (Lipinski definition) is 3. The number of anilines is 1. The van der Waals surface area contributed by atoms with Gasteiger partial charge in [-0.1, -0.05) is 25.0 Å². The van der Waals surface area contributed by atoms with E-state index in [0.29, 0.717) is 5.56 Å². The number of rotatable bonds is 3. The van der Waals surface area contributed by atoms with Crippen LogP contribution in [0.25, 0.3) is 0 Å². The molecule has 1 aromatic carbocycles. The van der Waals surface area contributed by atoms with Crippen molar-refractivity contribution in [2.24, 2.45) is 0 Å². The molecule has 1 heterocycles. The van der Waals surface area contributed by atoms with Crippen LogP contribution >= 0.6 is 0 Å². The highest BCUT2D eigenvalue weighted by molar-refractivity contribution is 5.90. The number of carbonyl (C=O) groups excluding carboxylic acids is 1. The molecule has 1 saturated carbocycles. The Bertz CT molecular complexity index is 582. The van der Waals surface area contributed by atoms with Gasteiger partial charge in [0.25, 0.3) is 0 Å². The average Bonchev–Trinajstić information content (AvgIpc) is 2.60. The fourth-order valence-electron chi connectivity index (χ4n) is 4.02. The van der Waals surface area contributed by atoms with E-state index in [2.05, 4.69) is 15.5 Å². The van der Waals surface area contributed by atoms with Crippen molar-refractivity contribution >= 4 is 11.7 Å². The van der Waals surface area contributed by atoms with Crippen LogP contribution in [0.4, 0.5) is 14.9 Å². The van der Waals surface area contributed by atoms with E-state index in [4.69, 9.17) is 0 Å². The predicted octanol–water partition coefficient (Wildman–Crippen LogP) is 3.02. The highest BCUT2D eigenvalue weighted by Crippen LogP contribution is 2.26. The van der Waals surface area contributed by atoms with Crippen LogP contribution in [0.1, 0.15) is 44.1 Å². The summed E-state index contributed by atoms with van der Waals surface area (Å²) < 4.78 is 13.8. The number of carbonyl (C=O) groups is 1. The first-order valence-electron chi connectivity index (χ1n) is 9.29. The van der Waals surface area contributed by atoms with E-state index >= 15 is 0 Å². The summed E-state index contributed by atoms with van der Waals surface area (Å²) in [6.45, 7) is 3.53. The smallest absolute Gasteiger partial charge is 0.319 e. The summed E-state index contributed by atoms with van der Waals surface area (Å²) in [7, 11) is 0. The third-order valence-electron chi connectivity index (χ3n) is 5.49. The topological polar surface area (TPSA) is 64.6 Å². The third kappa shape index (κ3) is 4.50. The van der Waals surface area contributed by atoms with Crippen molar-refractivity contribution in [2.45, 2.75) is 63.6 Å². The molecule has 2 fully saturated rings. The molecule has 1 aromatic rings. The molecule has 138 valence electrons. The van der Waals surface area contributed by atoms with E-state index < -0.39 is 5.82 Å². The molecular formula is C19H28FN3O2.